The van der Waals surface area contributed by atoms with Crippen LogP contribution in [0.2, 0.25) is 0 Å². The maximum Gasteiger partial charge on any atom is 0.124 e. The van der Waals surface area contributed by atoms with Gasteiger partial charge < -0.3 is 15.2 Å². The predicted molar refractivity (Wildman–Crippen MR) is 72.7 cm³/mol. The van der Waals surface area contributed by atoms with Crippen LogP contribution >= 0.6 is 0 Å². The molecule has 3 atom stereocenters. The van der Waals surface area contributed by atoms with E-state index in [9.17, 15) is 0 Å². The van der Waals surface area contributed by atoms with Crippen LogP contribution in [0, 0.1) is 5.92 Å². The zero-order valence-corrected chi connectivity index (χ0v) is 11.3. The van der Waals surface area contributed by atoms with E-state index in [1.54, 1.807) is 0 Å². The molecule has 100 valence electrons. The van der Waals surface area contributed by atoms with Crippen molar-refractivity contribution in [2.75, 3.05) is 13.2 Å². The van der Waals surface area contributed by atoms with Crippen LogP contribution in [0.4, 0.5) is 0 Å². The van der Waals surface area contributed by atoms with Crippen molar-refractivity contribution in [2.45, 2.75) is 38.8 Å². The standard InChI is InChI=1S/C15H23NO2/c1-3-9-17-13-7-5-4-6-12(13)14(16)15-11(2)8-10-18-15/h4-7,11,14-15H,3,8-10,16H2,1-2H3. The first-order chi connectivity index (χ1) is 8.74. The lowest BCUT2D eigenvalue weighted by Crippen LogP contribution is -2.30. The van der Waals surface area contributed by atoms with Crippen molar-refractivity contribution in [1.82, 2.24) is 0 Å². The molecule has 2 rings (SSSR count). The third-order valence-corrected chi connectivity index (χ3v) is 3.54. The third kappa shape index (κ3) is 2.85. The summed E-state index contributed by atoms with van der Waals surface area (Å²) in [6.45, 7) is 5.85. The van der Waals surface area contributed by atoms with E-state index >= 15 is 0 Å². The summed E-state index contributed by atoms with van der Waals surface area (Å²) in [5, 5.41) is 0. The van der Waals surface area contributed by atoms with Gasteiger partial charge in [-0.05, 0) is 24.8 Å². The predicted octanol–water partition coefficient (Wildman–Crippen LogP) is 2.90. The van der Waals surface area contributed by atoms with Gasteiger partial charge in [-0.2, -0.15) is 0 Å². The Hall–Kier alpha value is -1.06. The second-order valence-electron chi connectivity index (χ2n) is 5.01. The normalized spacial score (nSPS) is 25.1. The summed E-state index contributed by atoms with van der Waals surface area (Å²) in [6.07, 6.45) is 2.20. The van der Waals surface area contributed by atoms with E-state index in [-0.39, 0.29) is 12.1 Å². The Labute approximate surface area is 109 Å². The topological polar surface area (TPSA) is 44.5 Å². The van der Waals surface area contributed by atoms with Gasteiger partial charge in [0, 0.05) is 12.2 Å². The molecule has 0 radical (unpaired) electrons. The van der Waals surface area contributed by atoms with Gasteiger partial charge in [0.25, 0.3) is 0 Å². The molecular formula is C15H23NO2. The number of benzene rings is 1. The largest absolute Gasteiger partial charge is 0.493 e. The summed E-state index contributed by atoms with van der Waals surface area (Å²) in [5.41, 5.74) is 7.42. The molecule has 1 aliphatic heterocycles. The Balaban J connectivity index is 2.15. The zero-order chi connectivity index (χ0) is 13.0. The quantitative estimate of drug-likeness (QED) is 0.872. The maximum absolute atomic E-state index is 6.36. The van der Waals surface area contributed by atoms with Crippen LogP contribution in [0.15, 0.2) is 24.3 Å². The van der Waals surface area contributed by atoms with Crippen LogP contribution in [-0.2, 0) is 4.74 Å². The van der Waals surface area contributed by atoms with Gasteiger partial charge in [-0.25, -0.2) is 0 Å². The minimum absolute atomic E-state index is 0.101. The van der Waals surface area contributed by atoms with Gasteiger partial charge in [-0.3, -0.25) is 0 Å². The highest BCUT2D eigenvalue weighted by Crippen LogP contribution is 2.33. The summed E-state index contributed by atoms with van der Waals surface area (Å²) in [6, 6.07) is 7.93. The summed E-state index contributed by atoms with van der Waals surface area (Å²) in [5.74, 6) is 1.41. The lowest BCUT2D eigenvalue weighted by atomic mass is 9.93. The molecule has 18 heavy (non-hydrogen) atoms. The first-order valence-corrected chi connectivity index (χ1v) is 6.83. The fraction of sp³-hybridized carbons (Fsp3) is 0.600. The molecule has 2 N–H and O–H groups in total. The minimum atomic E-state index is -0.101. The molecule has 0 bridgehead atoms. The highest BCUT2D eigenvalue weighted by atomic mass is 16.5. The van der Waals surface area contributed by atoms with Gasteiger partial charge >= 0.3 is 0 Å². The molecule has 1 heterocycles. The molecule has 0 aromatic heterocycles. The van der Waals surface area contributed by atoms with Gasteiger partial charge in [0.2, 0.25) is 0 Å². The smallest absolute Gasteiger partial charge is 0.124 e. The van der Waals surface area contributed by atoms with Crippen molar-refractivity contribution in [2.24, 2.45) is 11.7 Å². The molecule has 0 spiro atoms. The Morgan fingerprint density at radius 3 is 2.89 bits per heavy atom. The number of nitrogens with two attached hydrogens (primary N) is 1. The first kappa shape index (κ1) is 13.4. The molecule has 0 aliphatic carbocycles. The Morgan fingerprint density at radius 2 is 2.22 bits per heavy atom. The maximum atomic E-state index is 6.36. The summed E-state index contributed by atoms with van der Waals surface area (Å²) in [7, 11) is 0. The van der Waals surface area contributed by atoms with Gasteiger partial charge in [0.05, 0.1) is 18.8 Å². The van der Waals surface area contributed by atoms with Gasteiger partial charge in [0.1, 0.15) is 5.75 Å². The second kappa shape index (κ2) is 6.21. The van der Waals surface area contributed by atoms with E-state index in [2.05, 4.69) is 13.8 Å². The number of para-hydroxylation sites is 1. The number of rotatable bonds is 5. The van der Waals surface area contributed by atoms with Gasteiger partial charge in [-0.15, -0.1) is 0 Å². The van der Waals surface area contributed by atoms with Crippen molar-refractivity contribution in [3.63, 3.8) is 0 Å². The fourth-order valence-corrected chi connectivity index (χ4v) is 2.45. The molecular weight excluding hydrogens is 226 g/mol. The number of ether oxygens (including phenoxy) is 2. The number of hydrogen-bond acceptors (Lipinski definition) is 3. The molecule has 3 nitrogen and oxygen atoms in total. The summed E-state index contributed by atoms with van der Waals surface area (Å²) in [4.78, 5) is 0. The molecule has 1 fully saturated rings. The molecule has 1 aromatic rings. The van der Waals surface area contributed by atoms with Crippen molar-refractivity contribution >= 4 is 0 Å². The molecule has 3 unspecified atom stereocenters. The summed E-state index contributed by atoms with van der Waals surface area (Å²) >= 11 is 0. The van der Waals surface area contributed by atoms with Crippen LogP contribution in [0.1, 0.15) is 38.3 Å². The lowest BCUT2D eigenvalue weighted by molar-refractivity contribution is 0.0715. The average Bonchev–Trinajstić information content (AvgIpc) is 2.82. The Bertz CT molecular complexity index is 381. The van der Waals surface area contributed by atoms with Crippen LogP contribution < -0.4 is 10.5 Å². The number of hydrogen-bond donors (Lipinski definition) is 1. The average molecular weight is 249 g/mol. The van der Waals surface area contributed by atoms with Gasteiger partial charge in [-0.1, -0.05) is 32.0 Å². The minimum Gasteiger partial charge on any atom is -0.493 e. The zero-order valence-electron chi connectivity index (χ0n) is 11.3. The monoisotopic (exact) mass is 249 g/mol. The Morgan fingerprint density at radius 1 is 1.44 bits per heavy atom. The van der Waals surface area contributed by atoms with E-state index < -0.39 is 0 Å². The second-order valence-corrected chi connectivity index (χ2v) is 5.01. The van der Waals surface area contributed by atoms with E-state index in [1.165, 1.54) is 0 Å². The van der Waals surface area contributed by atoms with E-state index in [0.29, 0.717) is 5.92 Å². The molecule has 1 aromatic carbocycles. The SMILES string of the molecule is CCCOc1ccccc1C(N)C1OCCC1C. The first-order valence-electron chi connectivity index (χ1n) is 6.83. The van der Waals surface area contributed by atoms with Gasteiger partial charge in [0.15, 0.2) is 0 Å². The van der Waals surface area contributed by atoms with Crippen LogP contribution in [-0.4, -0.2) is 19.3 Å². The highest BCUT2D eigenvalue weighted by Gasteiger charge is 2.32. The van der Waals surface area contributed by atoms with Crippen molar-refractivity contribution in [3.8, 4) is 5.75 Å². The van der Waals surface area contributed by atoms with Crippen molar-refractivity contribution < 1.29 is 9.47 Å². The van der Waals surface area contributed by atoms with E-state index in [1.807, 2.05) is 24.3 Å². The van der Waals surface area contributed by atoms with Crippen LogP contribution in [0.5, 0.6) is 5.75 Å². The fourth-order valence-electron chi connectivity index (χ4n) is 2.45. The van der Waals surface area contributed by atoms with E-state index in [4.69, 9.17) is 15.2 Å². The van der Waals surface area contributed by atoms with Crippen LogP contribution in [0.25, 0.3) is 0 Å². The highest BCUT2D eigenvalue weighted by molar-refractivity contribution is 5.36. The van der Waals surface area contributed by atoms with Crippen LogP contribution in [0.3, 0.4) is 0 Å². The molecule has 1 saturated heterocycles. The van der Waals surface area contributed by atoms with E-state index in [0.717, 1.165) is 37.4 Å². The molecule has 1 aliphatic rings. The molecule has 0 saturated carbocycles. The van der Waals surface area contributed by atoms with Crippen molar-refractivity contribution in [3.05, 3.63) is 29.8 Å². The Kier molecular flexibility index (Phi) is 4.61. The summed E-state index contributed by atoms with van der Waals surface area (Å²) < 4.78 is 11.5. The van der Waals surface area contributed by atoms with Crippen molar-refractivity contribution in [1.29, 1.82) is 0 Å². The third-order valence-electron chi connectivity index (χ3n) is 3.54. The lowest BCUT2D eigenvalue weighted by Gasteiger charge is -2.24. The molecule has 0 amide bonds. The molecule has 3 heteroatoms.